The smallest absolute Gasteiger partial charge is 0.210 e. The molecule has 39 heavy (non-hydrogen) atoms. The Morgan fingerprint density at radius 2 is 0.718 bits per heavy atom. The summed E-state index contributed by atoms with van der Waals surface area (Å²) in [5.41, 5.74) is 1.56. The second kappa shape index (κ2) is 12.3. The lowest BCUT2D eigenvalue weighted by atomic mass is 9.85. The molecule has 9 nitrogen and oxygen atoms in total. The molecule has 0 unspecified atom stereocenters. The van der Waals surface area contributed by atoms with Crippen LogP contribution in [-0.2, 0) is 30.1 Å². The molecule has 0 aromatic heterocycles. The molecular weight excluding hydrogens is 559 g/mol. The number of aryl methyl sites for hydroxylation is 3. The SMILES string of the molecule is CCC(CNS(=O)(=O)c1ccc(C)cc1)(CNS(=O)(=O)c1ccc(C)cc1)CNS(=O)(=O)c1ccc(C)cc1. The van der Waals surface area contributed by atoms with E-state index in [9.17, 15) is 25.3 Å². The first-order valence-corrected chi connectivity index (χ1v) is 16.8. The van der Waals surface area contributed by atoms with E-state index in [4.69, 9.17) is 0 Å². The molecule has 212 valence electrons. The van der Waals surface area contributed by atoms with Gasteiger partial charge in [0.15, 0.2) is 0 Å². The van der Waals surface area contributed by atoms with Crippen molar-refractivity contribution in [3.8, 4) is 0 Å². The van der Waals surface area contributed by atoms with E-state index in [2.05, 4.69) is 14.2 Å². The lowest BCUT2D eigenvalue weighted by Gasteiger charge is -2.33. The van der Waals surface area contributed by atoms with E-state index < -0.39 is 35.5 Å². The molecule has 0 saturated heterocycles. The van der Waals surface area contributed by atoms with Gasteiger partial charge in [0, 0.05) is 25.0 Å². The zero-order chi connectivity index (χ0) is 28.9. The van der Waals surface area contributed by atoms with Gasteiger partial charge in [-0.15, -0.1) is 0 Å². The lowest BCUT2D eigenvalue weighted by molar-refractivity contribution is 0.277. The first-order valence-electron chi connectivity index (χ1n) is 12.4. The highest BCUT2D eigenvalue weighted by molar-refractivity contribution is 7.90. The van der Waals surface area contributed by atoms with Gasteiger partial charge in [0.2, 0.25) is 30.1 Å². The number of nitrogens with one attached hydrogen (secondary N) is 3. The van der Waals surface area contributed by atoms with E-state index in [1.807, 2.05) is 20.8 Å². The summed E-state index contributed by atoms with van der Waals surface area (Å²) >= 11 is 0. The molecule has 0 amide bonds. The Hall–Kier alpha value is -2.61. The van der Waals surface area contributed by atoms with Crippen molar-refractivity contribution in [2.45, 2.75) is 48.8 Å². The quantitative estimate of drug-likeness (QED) is 0.278. The van der Waals surface area contributed by atoms with Gasteiger partial charge in [0.05, 0.1) is 14.7 Å². The fourth-order valence-corrected chi connectivity index (χ4v) is 7.18. The van der Waals surface area contributed by atoms with Crippen LogP contribution in [0.1, 0.15) is 30.0 Å². The topological polar surface area (TPSA) is 139 Å². The van der Waals surface area contributed by atoms with Crippen LogP contribution in [0.5, 0.6) is 0 Å². The maximum atomic E-state index is 13.0. The second-order valence-corrected chi connectivity index (χ2v) is 15.1. The first-order chi connectivity index (χ1) is 18.2. The zero-order valence-electron chi connectivity index (χ0n) is 22.4. The number of sulfonamides is 3. The predicted molar refractivity (Wildman–Crippen MR) is 152 cm³/mol. The molecule has 3 aromatic carbocycles. The van der Waals surface area contributed by atoms with Crippen molar-refractivity contribution in [3.63, 3.8) is 0 Å². The Morgan fingerprint density at radius 3 is 0.923 bits per heavy atom. The van der Waals surface area contributed by atoms with Gasteiger partial charge in [-0.1, -0.05) is 60.0 Å². The summed E-state index contributed by atoms with van der Waals surface area (Å²) in [6.45, 7) is 6.62. The van der Waals surface area contributed by atoms with Gasteiger partial charge >= 0.3 is 0 Å². The van der Waals surface area contributed by atoms with Crippen LogP contribution in [0.25, 0.3) is 0 Å². The van der Waals surface area contributed by atoms with Crippen LogP contribution in [0.15, 0.2) is 87.5 Å². The van der Waals surface area contributed by atoms with Crippen LogP contribution in [0.3, 0.4) is 0 Å². The number of rotatable bonds is 13. The molecule has 0 aliphatic heterocycles. The Labute approximate surface area is 232 Å². The van der Waals surface area contributed by atoms with Gasteiger partial charge in [-0.2, -0.15) is 0 Å². The van der Waals surface area contributed by atoms with Crippen LogP contribution < -0.4 is 14.2 Å². The highest BCUT2D eigenvalue weighted by Crippen LogP contribution is 2.24. The number of benzene rings is 3. The number of hydrogen-bond donors (Lipinski definition) is 3. The average Bonchev–Trinajstić information content (AvgIpc) is 2.89. The Bertz CT molecular complexity index is 1390. The molecule has 0 aliphatic carbocycles. The average molecular weight is 594 g/mol. The van der Waals surface area contributed by atoms with Gasteiger partial charge in [0.25, 0.3) is 0 Å². The second-order valence-electron chi connectivity index (χ2n) is 9.77. The summed E-state index contributed by atoms with van der Waals surface area (Å²) in [5, 5.41) is 0. The summed E-state index contributed by atoms with van der Waals surface area (Å²) in [6, 6.07) is 18.9. The van der Waals surface area contributed by atoms with Crippen LogP contribution in [0.2, 0.25) is 0 Å². The molecular formula is C27H35N3O6S3. The van der Waals surface area contributed by atoms with Crippen molar-refractivity contribution in [3.05, 3.63) is 89.5 Å². The zero-order valence-corrected chi connectivity index (χ0v) is 24.9. The van der Waals surface area contributed by atoms with E-state index in [1.54, 1.807) is 43.3 Å². The third kappa shape index (κ3) is 8.19. The predicted octanol–water partition coefficient (Wildman–Crippen LogP) is 3.24. The maximum Gasteiger partial charge on any atom is 0.240 e. The fourth-order valence-electron chi connectivity index (χ4n) is 3.71. The van der Waals surface area contributed by atoms with Gasteiger partial charge in [-0.3, -0.25) is 0 Å². The largest absolute Gasteiger partial charge is 0.240 e. The summed E-state index contributed by atoms with van der Waals surface area (Å²) in [5.74, 6) is 0. The molecule has 0 saturated carbocycles. The minimum atomic E-state index is -3.95. The van der Waals surface area contributed by atoms with E-state index in [0.717, 1.165) is 16.7 Å². The number of hydrogen-bond acceptors (Lipinski definition) is 6. The molecule has 3 aromatic rings. The summed E-state index contributed by atoms with van der Waals surface area (Å²) in [7, 11) is -11.8. The molecule has 12 heteroatoms. The first kappa shape index (κ1) is 30.9. The van der Waals surface area contributed by atoms with Gasteiger partial charge in [-0.25, -0.2) is 39.4 Å². The van der Waals surface area contributed by atoms with E-state index >= 15 is 0 Å². The minimum Gasteiger partial charge on any atom is -0.210 e. The van der Waals surface area contributed by atoms with Crippen molar-refractivity contribution in [2.24, 2.45) is 5.41 Å². The van der Waals surface area contributed by atoms with Crippen LogP contribution in [-0.4, -0.2) is 44.9 Å². The summed E-state index contributed by atoms with van der Waals surface area (Å²) in [6.07, 6.45) is 0.260. The summed E-state index contributed by atoms with van der Waals surface area (Å²) in [4.78, 5) is 0.163. The highest BCUT2D eigenvalue weighted by Gasteiger charge is 2.34. The van der Waals surface area contributed by atoms with Crippen molar-refractivity contribution < 1.29 is 25.3 Å². The molecule has 0 spiro atoms. The van der Waals surface area contributed by atoms with Crippen molar-refractivity contribution in [1.82, 2.24) is 14.2 Å². The van der Waals surface area contributed by atoms with Crippen LogP contribution >= 0.6 is 0 Å². The minimum absolute atomic E-state index is 0.0542. The molecule has 3 N–H and O–H groups in total. The van der Waals surface area contributed by atoms with Gasteiger partial charge < -0.3 is 0 Å². The molecule has 0 aliphatic rings. The maximum absolute atomic E-state index is 13.0. The normalized spacial score (nSPS) is 12.9. The fraction of sp³-hybridized carbons (Fsp3) is 0.333. The van der Waals surface area contributed by atoms with Crippen molar-refractivity contribution in [2.75, 3.05) is 19.6 Å². The lowest BCUT2D eigenvalue weighted by Crippen LogP contribution is -2.51. The highest BCUT2D eigenvalue weighted by atomic mass is 32.2. The Morgan fingerprint density at radius 1 is 0.487 bits per heavy atom. The molecule has 0 bridgehead atoms. The molecule has 0 fully saturated rings. The van der Waals surface area contributed by atoms with E-state index in [0.29, 0.717) is 0 Å². The van der Waals surface area contributed by atoms with Gasteiger partial charge in [-0.05, 0) is 63.6 Å². The van der Waals surface area contributed by atoms with Crippen LogP contribution in [0.4, 0.5) is 0 Å². The monoisotopic (exact) mass is 593 g/mol. The van der Waals surface area contributed by atoms with E-state index in [1.165, 1.54) is 36.4 Å². The Balaban J connectivity index is 1.88. The van der Waals surface area contributed by atoms with E-state index in [-0.39, 0.29) is 40.7 Å². The van der Waals surface area contributed by atoms with Crippen molar-refractivity contribution in [1.29, 1.82) is 0 Å². The molecule has 0 heterocycles. The molecule has 0 radical (unpaired) electrons. The third-order valence-electron chi connectivity index (χ3n) is 6.66. The van der Waals surface area contributed by atoms with Crippen LogP contribution in [0, 0.1) is 26.2 Å². The molecule has 0 atom stereocenters. The third-order valence-corrected chi connectivity index (χ3v) is 10.9. The summed E-state index contributed by atoms with van der Waals surface area (Å²) < 4.78 is 85.8. The standard InChI is InChI=1S/C27H35N3O6S3/c1-5-27(18-28-37(31,32)24-12-6-21(2)7-13-24,19-29-38(33,34)25-14-8-22(3)9-15-25)20-30-39(35,36)26-16-10-23(4)11-17-26/h6-17,28-30H,5,18-20H2,1-4H3. The molecule has 3 rings (SSSR count). The van der Waals surface area contributed by atoms with Gasteiger partial charge in [0.1, 0.15) is 0 Å². The Kier molecular flexibility index (Phi) is 9.73. The van der Waals surface area contributed by atoms with Crippen molar-refractivity contribution >= 4 is 30.1 Å².